The minimum Gasteiger partial charge on any atom is -0.388 e. The first-order chi connectivity index (χ1) is 25.8. The molecule has 0 bridgehead atoms. The summed E-state index contributed by atoms with van der Waals surface area (Å²) >= 11 is 0. The van der Waals surface area contributed by atoms with Gasteiger partial charge >= 0.3 is 0 Å². The number of rotatable bonds is 15. The zero-order chi connectivity index (χ0) is 37.3. The van der Waals surface area contributed by atoms with E-state index in [1.807, 2.05) is 182 Å². The van der Waals surface area contributed by atoms with Crippen LogP contribution in [0.5, 0.6) is 0 Å². The molecule has 0 unspecified atom stereocenters. The molecule has 0 spiro atoms. The van der Waals surface area contributed by atoms with Crippen LogP contribution in [0.15, 0.2) is 182 Å². The lowest BCUT2D eigenvalue weighted by molar-refractivity contribution is -0.142. The van der Waals surface area contributed by atoms with Crippen LogP contribution in [0.2, 0.25) is 0 Å². The minimum atomic E-state index is -1.94. The van der Waals surface area contributed by atoms with Crippen LogP contribution in [-0.2, 0) is 25.3 Å². The Morgan fingerprint density at radius 3 is 1.11 bits per heavy atom. The van der Waals surface area contributed by atoms with Gasteiger partial charge in [-0.05, 0) is 33.4 Å². The van der Waals surface area contributed by atoms with Crippen molar-refractivity contribution in [1.29, 1.82) is 0 Å². The van der Waals surface area contributed by atoms with Gasteiger partial charge in [0.1, 0.15) is 35.4 Å². The number of Topliss-reactive ketones (excluding diaryl/α,β-unsaturated/α-hetero) is 1. The standard InChI is InChI=1S/C46H43NO6/c1-33(48)47-41(44(52)45(34-20-8-2-9-21-34,35-22-10-3-11-23-35)36-24-12-4-13-25-36)43(51)42(50)40(49)32-53-46(37-26-14-5-15-27-37,38-28-16-6-17-29-38)39-30-18-7-19-31-39/h2-31,40-43,49-51H,32H2,1H3,(H,47,48)/t40-,41-,42-,43-/m1/s1. The van der Waals surface area contributed by atoms with Gasteiger partial charge < -0.3 is 25.4 Å². The Morgan fingerprint density at radius 2 is 0.811 bits per heavy atom. The van der Waals surface area contributed by atoms with E-state index < -0.39 is 53.7 Å². The summed E-state index contributed by atoms with van der Waals surface area (Å²) in [4.78, 5) is 28.1. The molecule has 0 aliphatic rings. The molecule has 7 nitrogen and oxygen atoms in total. The van der Waals surface area contributed by atoms with Gasteiger partial charge in [0.05, 0.1) is 6.61 Å². The molecule has 0 aliphatic carbocycles. The Balaban J connectivity index is 1.40. The molecule has 0 fully saturated rings. The molecular formula is C46H43NO6. The Kier molecular flexibility index (Phi) is 11.7. The van der Waals surface area contributed by atoms with E-state index in [2.05, 4.69) is 5.32 Å². The number of hydrogen-bond donors (Lipinski definition) is 4. The van der Waals surface area contributed by atoms with Gasteiger partial charge in [0.25, 0.3) is 0 Å². The van der Waals surface area contributed by atoms with Crippen molar-refractivity contribution in [3.8, 4) is 0 Å². The number of nitrogens with one attached hydrogen (secondary N) is 1. The molecule has 4 atom stereocenters. The van der Waals surface area contributed by atoms with Crippen molar-refractivity contribution in [1.82, 2.24) is 5.32 Å². The maximum absolute atomic E-state index is 15.3. The molecule has 0 aromatic heterocycles. The first kappa shape index (κ1) is 37.1. The maximum atomic E-state index is 15.3. The van der Waals surface area contributed by atoms with E-state index in [4.69, 9.17) is 4.74 Å². The fourth-order valence-corrected chi connectivity index (χ4v) is 7.25. The zero-order valence-electron chi connectivity index (χ0n) is 29.4. The quantitative estimate of drug-likeness (QED) is 0.0949. The summed E-state index contributed by atoms with van der Waals surface area (Å²) in [6.45, 7) is 0.793. The zero-order valence-corrected chi connectivity index (χ0v) is 29.4. The van der Waals surface area contributed by atoms with Crippen molar-refractivity contribution in [3.63, 3.8) is 0 Å². The summed E-state index contributed by atoms with van der Waals surface area (Å²) in [6, 6.07) is 54.4. The average molecular weight is 706 g/mol. The van der Waals surface area contributed by atoms with Crippen LogP contribution >= 0.6 is 0 Å². The van der Waals surface area contributed by atoms with E-state index in [0.29, 0.717) is 16.7 Å². The molecule has 7 heteroatoms. The molecule has 0 saturated carbocycles. The van der Waals surface area contributed by atoms with Crippen LogP contribution in [-0.4, -0.2) is 58.0 Å². The van der Waals surface area contributed by atoms with E-state index in [-0.39, 0.29) is 0 Å². The van der Waals surface area contributed by atoms with Crippen LogP contribution in [0.1, 0.15) is 40.3 Å². The van der Waals surface area contributed by atoms with Gasteiger partial charge in [-0.3, -0.25) is 9.59 Å². The smallest absolute Gasteiger partial charge is 0.217 e. The second kappa shape index (κ2) is 16.8. The Morgan fingerprint density at radius 1 is 0.509 bits per heavy atom. The Hall–Kier alpha value is -5.70. The van der Waals surface area contributed by atoms with Crippen LogP contribution in [0, 0.1) is 0 Å². The number of benzene rings is 6. The fourth-order valence-electron chi connectivity index (χ4n) is 7.25. The number of aliphatic hydroxyl groups excluding tert-OH is 3. The molecule has 268 valence electrons. The molecule has 0 saturated heterocycles. The monoisotopic (exact) mass is 705 g/mol. The van der Waals surface area contributed by atoms with E-state index in [9.17, 15) is 20.1 Å². The first-order valence-electron chi connectivity index (χ1n) is 17.6. The lowest BCUT2D eigenvalue weighted by Gasteiger charge is -2.40. The van der Waals surface area contributed by atoms with Crippen LogP contribution in [0.4, 0.5) is 0 Å². The lowest BCUT2D eigenvalue weighted by Crippen LogP contribution is -2.60. The Labute approximate surface area is 310 Å². The second-order valence-electron chi connectivity index (χ2n) is 13.0. The number of carbonyl (C=O) groups is 2. The number of amides is 1. The Bertz CT molecular complexity index is 1850. The number of carbonyl (C=O) groups excluding carboxylic acids is 2. The van der Waals surface area contributed by atoms with Crippen molar-refractivity contribution >= 4 is 11.7 Å². The summed E-state index contributed by atoms with van der Waals surface area (Å²) in [5.41, 5.74) is 1.40. The fraction of sp³-hybridized carbons (Fsp3) is 0.174. The van der Waals surface area contributed by atoms with E-state index in [1.165, 1.54) is 6.92 Å². The third-order valence-electron chi connectivity index (χ3n) is 9.73. The van der Waals surface area contributed by atoms with Crippen LogP contribution in [0.3, 0.4) is 0 Å². The predicted molar refractivity (Wildman–Crippen MR) is 205 cm³/mol. The normalized spacial score (nSPS) is 14.0. The summed E-state index contributed by atoms with van der Waals surface area (Å²) in [6.07, 6.45) is -5.56. The highest BCUT2D eigenvalue weighted by molar-refractivity contribution is 6.03. The molecule has 6 aromatic rings. The molecule has 4 N–H and O–H groups in total. The SMILES string of the molecule is CC(=O)N[C@@H](C(=O)C(c1ccccc1)(c1ccccc1)c1ccccc1)[C@@H](O)[C@H](O)[C@H](O)COC(c1ccccc1)(c1ccccc1)c1ccccc1. The van der Waals surface area contributed by atoms with Crippen molar-refractivity contribution < 1.29 is 29.6 Å². The van der Waals surface area contributed by atoms with Gasteiger partial charge in [0, 0.05) is 6.92 Å². The number of hydrogen-bond acceptors (Lipinski definition) is 6. The first-order valence-corrected chi connectivity index (χ1v) is 17.6. The molecule has 0 radical (unpaired) electrons. The van der Waals surface area contributed by atoms with Gasteiger partial charge in [-0.25, -0.2) is 0 Å². The number of ether oxygens (including phenoxy) is 1. The summed E-state index contributed by atoms with van der Waals surface area (Å²) in [5.74, 6) is -1.19. The second-order valence-corrected chi connectivity index (χ2v) is 13.0. The van der Waals surface area contributed by atoms with Crippen molar-refractivity contribution in [2.45, 2.75) is 42.3 Å². The van der Waals surface area contributed by atoms with Gasteiger partial charge in [-0.1, -0.05) is 182 Å². The lowest BCUT2D eigenvalue weighted by atomic mass is 9.64. The van der Waals surface area contributed by atoms with Gasteiger partial charge in [0.2, 0.25) is 5.91 Å². The van der Waals surface area contributed by atoms with Gasteiger partial charge in [-0.2, -0.15) is 0 Å². The minimum absolute atomic E-state index is 0.445. The van der Waals surface area contributed by atoms with Crippen molar-refractivity contribution in [2.75, 3.05) is 6.61 Å². The maximum Gasteiger partial charge on any atom is 0.217 e. The molecule has 0 aliphatic heterocycles. The van der Waals surface area contributed by atoms with E-state index in [1.54, 1.807) is 0 Å². The van der Waals surface area contributed by atoms with E-state index >= 15 is 4.79 Å². The number of aliphatic hydroxyl groups is 3. The molecule has 6 aromatic carbocycles. The largest absolute Gasteiger partial charge is 0.388 e. The average Bonchev–Trinajstić information content (AvgIpc) is 3.22. The predicted octanol–water partition coefficient (Wildman–Crippen LogP) is 6.19. The highest BCUT2D eigenvalue weighted by Gasteiger charge is 2.50. The molecule has 0 heterocycles. The molecule has 6 rings (SSSR count). The summed E-state index contributed by atoms with van der Waals surface area (Å²) in [5, 5.41) is 38.0. The molecule has 1 amide bonds. The summed E-state index contributed by atoms with van der Waals surface area (Å²) in [7, 11) is 0. The topological polar surface area (TPSA) is 116 Å². The van der Waals surface area contributed by atoms with Gasteiger partial charge in [-0.15, -0.1) is 0 Å². The third kappa shape index (κ3) is 7.47. The molecular weight excluding hydrogens is 663 g/mol. The summed E-state index contributed by atoms with van der Waals surface area (Å²) < 4.78 is 6.72. The highest BCUT2D eigenvalue weighted by atomic mass is 16.5. The third-order valence-corrected chi connectivity index (χ3v) is 9.73. The highest BCUT2D eigenvalue weighted by Crippen LogP contribution is 2.43. The van der Waals surface area contributed by atoms with Crippen molar-refractivity contribution in [3.05, 3.63) is 215 Å². The van der Waals surface area contributed by atoms with Gasteiger partial charge in [0.15, 0.2) is 5.78 Å². The van der Waals surface area contributed by atoms with Crippen LogP contribution < -0.4 is 5.32 Å². The number of ketones is 1. The van der Waals surface area contributed by atoms with Crippen LogP contribution in [0.25, 0.3) is 0 Å². The molecule has 53 heavy (non-hydrogen) atoms. The van der Waals surface area contributed by atoms with E-state index in [0.717, 1.165) is 16.7 Å². The van der Waals surface area contributed by atoms with Crippen molar-refractivity contribution in [2.24, 2.45) is 0 Å².